The summed E-state index contributed by atoms with van der Waals surface area (Å²) in [5.41, 5.74) is 1.49. The van der Waals surface area contributed by atoms with E-state index < -0.39 is 10.0 Å². The molecule has 0 aliphatic rings. The highest BCUT2D eigenvalue weighted by Gasteiger charge is 2.28. The van der Waals surface area contributed by atoms with Gasteiger partial charge >= 0.3 is 0 Å². The standard InChI is InChI=1S/C17H16ClNO3S2/c1-13-16(18)5-2-6-17(13)24(20,21)19(10-14-7-9-23-12-14)11-15-4-3-8-22-15/h2-9,12H,10-11H2,1H3. The van der Waals surface area contributed by atoms with Crippen LogP contribution < -0.4 is 0 Å². The molecule has 0 saturated carbocycles. The SMILES string of the molecule is Cc1c(Cl)cccc1S(=O)(=O)N(Cc1ccsc1)Cc1ccco1. The quantitative estimate of drug-likeness (QED) is 0.622. The van der Waals surface area contributed by atoms with Gasteiger partial charge in [0.1, 0.15) is 5.76 Å². The Morgan fingerprint density at radius 3 is 2.67 bits per heavy atom. The van der Waals surface area contributed by atoms with Gasteiger partial charge < -0.3 is 4.42 Å². The first-order valence-corrected chi connectivity index (χ1v) is 10.0. The van der Waals surface area contributed by atoms with Crippen LogP contribution in [0, 0.1) is 6.92 Å². The average molecular weight is 382 g/mol. The maximum Gasteiger partial charge on any atom is 0.244 e. The molecule has 2 heterocycles. The molecule has 0 saturated heterocycles. The van der Waals surface area contributed by atoms with Gasteiger partial charge in [-0.1, -0.05) is 17.7 Å². The van der Waals surface area contributed by atoms with Crippen LogP contribution >= 0.6 is 22.9 Å². The smallest absolute Gasteiger partial charge is 0.244 e. The van der Waals surface area contributed by atoms with Crippen molar-refractivity contribution in [3.8, 4) is 0 Å². The summed E-state index contributed by atoms with van der Waals surface area (Å²) in [6.07, 6.45) is 1.54. The number of sulfonamides is 1. The Hall–Kier alpha value is -1.60. The molecule has 0 N–H and O–H groups in total. The second-order valence-electron chi connectivity index (χ2n) is 5.35. The Bertz CT molecular complexity index is 867. The summed E-state index contributed by atoms with van der Waals surface area (Å²) in [6.45, 7) is 2.15. The number of rotatable bonds is 6. The molecule has 1 aromatic carbocycles. The van der Waals surface area contributed by atoms with Gasteiger partial charge in [0, 0.05) is 11.6 Å². The monoisotopic (exact) mass is 381 g/mol. The highest BCUT2D eigenvalue weighted by molar-refractivity contribution is 7.89. The highest BCUT2D eigenvalue weighted by Crippen LogP contribution is 2.28. The van der Waals surface area contributed by atoms with Gasteiger partial charge in [0.15, 0.2) is 0 Å². The van der Waals surface area contributed by atoms with Crippen LogP contribution in [0.4, 0.5) is 0 Å². The third kappa shape index (κ3) is 3.57. The molecule has 126 valence electrons. The number of thiophene rings is 1. The van der Waals surface area contributed by atoms with Crippen molar-refractivity contribution in [1.29, 1.82) is 0 Å². The van der Waals surface area contributed by atoms with E-state index in [-0.39, 0.29) is 18.0 Å². The Morgan fingerprint density at radius 1 is 1.17 bits per heavy atom. The van der Waals surface area contributed by atoms with Crippen LogP contribution in [-0.4, -0.2) is 12.7 Å². The minimum absolute atomic E-state index is 0.164. The van der Waals surface area contributed by atoms with Gasteiger partial charge in [0.05, 0.1) is 17.7 Å². The lowest BCUT2D eigenvalue weighted by molar-refractivity contribution is 0.358. The van der Waals surface area contributed by atoms with Crippen LogP contribution in [0.5, 0.6) is 0 Å². The second-order valence-corrected chi connectivity index (χ2v) is 8.44. The van der Waals surface area contributed by atoms with Gasteiger partial charge in [-0.05, 0) is 59.1 Å². The van der Waals surface area contributed by atoms with E-state index in [2.05, 4.69) is 0 Å². The molecule has 0 fully saturated rings. The van der Waals surface area contributed by atoms with Gasteiger partial charge in [-0.3, -0.25) is 0 Å². The number of nitrogens with zero attached hydrogens (tertiary/aromatic N) is 1. The van der Waals surface area contributed by atoms with Crippen molar-refractivity contribution in [3.63, 3.8) is 0 Å². The zero-order valence-electron chi connectivity index (χ0n) is 13.0. The number of hydrogen-bond donors (Lipinski definition) is 0. The van der Waals surface area contributed by atoms with Crippen LogP contribution in [0.3, 0.4) is 0 Å². The van der Waals surface area contributed by atoms with Crippen LogP contribution in [0.2, 0.25) is 5.02 Å². The minimum Gasteiger partial charge on any atom is -0.468 e. The molecule has 4 nitrogen and oxygen atoms in total. The predicted molar refractivity (Wildman–Crippen MR) is 95.6 cm³/mol. The van der Waals surface area contributed by atoms with Gasteiger partial charge in [0.2, 0.25) is 10.0 Å². The summed E-state index contributed by atoms with van der Waals surface area (Å²) in [7, 11) is -3.71. The van der Waals surface area contributed by atoms with Crippen LogP contribution in [0.25, 0.3) is 0 Å². The predicted octanol–water partition coefficient (Wildman–Crippen LogP) is 4.69. The van der Waals surface area contributed by atoms with Crippen molar-refractivity contribution < 1.29 is 12.8 Å². The molecule has 3 rings (SSSR count). The normalized spacial score (nSPS) is 12.0. The van der Waals surface area contributed by atoms with E-state index in [9.17, 15) is 8.42 Å². The van der Waals surface area contributed by atoms with Crippen LogP contribution in [0.15, 0.2) is 62.7 Å². The van der Waals surface area contributed by atoms with Crippen molar-refractivity contribution >= 4 is 33.0 Å². The molecule has 7 heteroatoms. The Morgan fingerprint density at radius 2 is 2.00 bits per heavy atom. The Balaban J connectivity index is 2.01. The first kappa shape index (κ1) is 17.2. The summed E-state index contributed by atoms with van der Waals surface area (Å²) in [6, 6.07) is 10.3. The summed E-state index contributed by atoms with van der Waals surface area (Å²) < 4.78 is 33.1. The van der Waals surface area contributed by atoms with E-state index in [0.717, 1.165) is 5.56 Å². The van der Waals surface area contributed by atoms with Gasteiger partial charge in [-0.25, -0.2) is 8.42 Å². The largest absolute Gasteiger partial charge is 0.468 e. The summed E-state index contributed by atoms with van der Waals surface area (Å²) in [4.78, 5) is 0.219. The maximum absolute atomic E-state index is 13.2. The van der Waals surface area contributed by atoms with E-state index >= 15 is 0 Å². The molecule has 0 aliphatic carbocycles. The van der Waals surface area contributed by atoms with E-state index in [1.807, 2.05) is 16.8 Å². The van der Waals surface area contributed by atoms with E-state index in [1.54, 1.807) is 37.3 Å². The third-order valence-electron chi connectivity index (χ3n) is 3.69. The van der Waals surface area contributed by atoms with Crippen molar-refractivity contribution in [2.24, 2.45) is 0 Å². The first-order valence-electron chi connectivity index (χ1n) is 7.27. The summed E-state index contributed by atoms with van der Waals surface area (Å²) in [5.74, 6) is 0.591. The topological polar surface area (TPSA) is 50.5 Å². The maximum atomic E-state index is 13.2. The van der Waals surface area contributed by atoms with E-state index in [4.69, 9.17) is 16.0 Å². The molecule has 0 spiro atoms. The van der Waals surface area contributed by atoms with Crippen LogP contribution in [-0.2, 0) is 23.1 Å². The fourth-order valence-corrected chi connectivity index (χ4v) is 4.93. The molecule has 24 heavy (non-hydrogen) atoms. The first-order chi connectivity index (χ1) is 11.5. The fourth-order valence-electron chi connectivity index (χ4n) is 2.39. The lowest BCUT2D eigenvalue weighted by atomic mass is 10.2. The number of hydrogen-bond acceptors (Lipinski definition) is 4. The zero-order chi connectivity index (χ0) is 17.2. The molecular weight excluding hydrogens is 366 g/mol. The zero-order valence-corrected chi connectivity index (χ0v) is 15.4. The van der Waals surface area contributed by atoms with Crippen LogP contribution in [0.1, 0.15) is 16.9 Å². The second kappa shape index (κ2) is 7.11. The molecule has 3 aromatic rings. The molecule has 0 bridgehead atoms. The molecular formula is C17H16ClNO3S2. The van der Waals surface area contributed by atoms with E-state index in [0.29, 0.717) is 16.3 Å². The molecule has 0 radical (unpaired) electrons. The molecule has 0 aliphatic heterocycles. The van der Waals surface area contributed by atoms with Crippen molar-refractivity contribution in [3.05, 3.63) is 75.3 Å². The highest BCUT2D eigenvalue weighted by atomic mass is 35.5. The number of furan rings is 1. The average Bonchev–Trinajstić information content (AvgIpc) is 3.23. The Labute approximate surface area is 150 Å². The van der Waals surface area contributed by atoms with E-state index in [1.165, 1.54) is 21.9 Å². The van der Waals surface area contributed by atoms with Gasteiger partial charge in [-0.15, -0.1) is 0 Å². The molecule has 0 atom stereocenters. The minimum atomic E-state index is -3.71. The number of halogens is 1. The lowest BCUT2D eigenvalue weighted by Crippen LogP contribution is -2.30. The third-order valence-corrected chi connectivity index (χ3v) is 6.76. The van der Waals surface area contributed by atoms with Gasteiger partial charge in [0.25, 0.3) is 0 Å². The number of benzene rings is 1. The molecule has 0 unspecified atom stereocenters. The lowest BCUT2D eigenvalue weighted by Gasteiger charge is -2.22. The summed E-state index contributed by atoms with van der Waals surface area (Å²) >= 11 is 7.65. The fraction of sp³-hybridized carbons (Fsp3) is 0.176. The van der Waals surface area contributed by atoms with Crippen molar-refractivity contribution in [2.45, 2.75) is 24.9 Å². The van der Waals surface area contributed by atoms with Crippen molar-refractivity contribution in [1.82, 2.24) is 4.31 Å². The van der Waals surface area contributed by atoms with Crippen molar-refractivity contribution in [2.75, 3.05) is 0 Å². The van der Waals surface area contributed by atoms with Gasteiger partial charge in [-0.2, -0.15) is 15.6 Å². The Kier molecular flexibility index (Phi) is 5.10. The summed E-state index contributed by atoms with van der Waals surface area (Å²) in [5, 5.41) is 4.30. The molecule has 2 aromatic heterocycles. The molecule has 0 amide bonds.